The van der Waals surface area contributed by atoms with Gasteiger partial charge in [-0.1, -0.05) is 30.0 Å². The highest BCUT2D eigenvalue weighted by Gasteiger charge is 2.32. The number of non-ortho nitro benzene ring substituents is 1. The van der Waals surface area contributed by atoms with Crippen LogP contribution in [0.1, 0.15) is 18.9 Å². The summed E-state index contributed by atoms with van der Waals surface area (Å²) in [5.74, 6) is -0.573. The Morgan fingerprint density at radius 3 is 2.55 bits per heavy atom. The smallest absolute Gasteiger partial charge is 0.269 e. The van der Waals surface area contributed by atoms with Crippen LogP contribution < -0.4 is 10.6 Å². The van der Waals surface area contributed by atoms with E-state index in [1.165, 1.54) is 12.1 Å². The summed E-state index contributed by atoms with van der Waals surface area (Å²) in [6.45, 7) is 1.71. The number of anilines is 1. The molecule has 10 heteroatoms. The molecule has 1 fully saturated rings. The van der Waals surface area contributed by atoms with Crippen molar-refractivity contribution in [2.75, 3.05) is 5.32 Å². The maximum Gasteiger partial charge on any atom is 0.269 e. The van der Waals surface area contributed by atoms with Crippen molar-refractivity contribution >= 4 is 45.8 Å². The van der Waals surface area contributed by atoms with Gasteiger partial charge in [-0.3, -0.25) is 19.7 Å². The van der Waals surface area contributed by atoms with Crippen LogP contribution in [0.15, 0.2) is 64.8 Å². The zero-order valence-electron chi connectivity index (χ0n) is 15.4. The molecule has 2 aromatic rings. The molecule has 0 aliphatic carbocycles. The topological polar surface area (TPSA) is 126 Å². The summed E-state index contributed by atoms with van der Waals surface area (Å²) in [4.78, 5) is 34.4. The average molecular weight is 411 g/mol. The molecule has 148 valence electrons. The molecule has 0 aromatic heterocycles. The number of nitrogens with one attached hydrogen (secondary N) is 2. The molecule has 3 rings (SSSR count). The minimum Gasteiger partial charge on any atom is -0.326 e. The lowest BCUT2D eigenvalue weighted by atomic mass is 10.1. The number of thioether (sulfide) groups is 1. The minimum atomic E-state index is -0.590. The summed E-state index contributed by atoms with van der Waals surface area (Å²) < 4.78 is 0. The Morgan fingerprint density at radius 2 is 1.90 bits per heavy atom. The normalized spacial score (nSPS) is 17.8. The molecule has 1 heterocycles. The van der Waals surface area contributed by atoms with Crippen molar-refractivity contribution in [2.45, 2.75) is 18.6 Å². The van der Waals surface area contributed by atoms with Gasteiger partial charge in [0.2, 0.25) is 11.8 Å². The SMILES string of the molecule is C/C(=N/N=C1\NC(=O)C(CC(=O)Nc2ccccc2)S1)c1ccc([N+](=O)[O-])cc1. The third-order valence-electron chi connectivity index (χ3n) is 3.99. The van der Waals surface area contributed by atoms with E-state index in [9.17, 15) is 19.7 Å². The van der Waals surface area contributed by atoms with E-state index < -0.39 is 10.2 Å². The summed E-state index contributed by atoms with van der Waals surface area (Å²) in [6, 6.07) is 14.9. The molecule has 1 aliphatic heterocycles. The Hall–Kier alpha value is -3.53. The van der Waals surface area contributed by atoms with Gasteiger partial charge in [0.15, 0.2) is 5.17 Å². The van der Waals surface area contributed by atoms with Crippen LogP contribution >= 0.6 is 11.8 Å². The van der Waals surface area contributed by atoms with E-state index in [0.29, 0.717) is 22.1 Å². The van der Waals surface area contributed by atoms with E-state index in [2.05, 4.69) is 20.8 Å². The van der Waals surface area contributed by atoms with Crippen LogP contribution in [0.25, 0.3) is 0 Å². The zero-order valence-corrected chi connectivity index (χ0v) is 16.2. The number of carbonyl (C=O) groups excluding carboxylic acids is 2. The third kappa shape index (κ3) is 5.48. The van der Waals surface area contributed by atoms with Crippen LogP contribution in [0.2, 0.25) is 0 Å². The molecule has 1 atom stereocenters. The number of carbonyl (C=O) groups is 2. The Labute approximate surface area is 170 Å². The van der Waals surface area contributed by atoms with E-state index in [0.717, 1.165) is 11.8 Å². The second-order valence-electron chi connectivity index (χ2n) is 6.11. The molecule has 2 N–H and O–H groups in total. The summed E-state index contributed by atoms with van der Waals surface area (Å²) in [7, 11) is 0. The Kier molecular flexibility index (Phi) is 6.35. The van der Waals surface area contributed by atoms with Crippen LogP contribution in [0.4, 0.5) is 11.4 Å². The molecule has 29 heavy (non-hydrogen) atoms. The standard InChI is InChI=1S/C19H17N5O4S/c1-12(13-7-9-15(10-8-13)24(27)28)22-23-19-21-18(26)16(29-19)11-17(25)20-14-5-3-2-4-6-14/h2-10,16H,11H2,1H3,(H,20,25)(H,21,23,26)/b22-12-. The number of hydrogen-bond donors (Lipinski definition) is 2. The highest BCUT2D eigenvalue weighted by Crippen LogP contribution is 2.23. The molecule has 0 radical (unpaired) electrons. The van der Waals surface area contributed by atoms with Crippen molar-refractivity contribution in [3.63, 3.8) is 0 Å². The summed E-state index contributed by atoms with van der Waals surface area (Å²) in [5.41, 5.74) is 1.86. The van der Waals surface area contributed by atoms with Crippen LogP contribution in [0, 0.1) is 10.1 Å². The summed E-state index contributed by atoms with van der Waals surface area (Å²) in [5, 5.41) is 23.8. The van der Waals surface area contributed by atoms with E-state index in [-0.39, 0.29) is 23.9 Å². The van der Waals surface area contributed by atoms with Crippen LogP contribution in [0.5, 0.6) is 0 Å². The molecule has 1 aliphatic rings. The Balaban J connectivity index is 1.60. The van der Waals surface area contributed by atoms with Crippen LogP contribution in [0.3, 0.4) is 0 Å². The molecular weight excluding hydrogens is 394 g/mol. The third-order valence-corrected chi connectivity index (χ3v) is 5.06. The van der Waals surface area contributed by atoms with E-state index in [1.807, 2.05) is 18.2 Å². The predicted octanol–water partition coefficient (Wildman–Crippen LogP) is 2.94. The first-order chi connectivity index (χ1) is 13.9. The predicted molar refractivity (Wildman–Crippen MR) is 112 cm³/mol. The van der Waals surface area contributed by atoms with Gasteiger partial charge in [0.1, 0.15) is 5.25 Å². The number of nitro groups is 1. The lowest BCUT2D eigenvalue weighted by Crippen LogP contribution is -2.28. The van der Waals surface area contributed by atoms with Gasteiger partial charge in [0.25, 0.3) is 5.69 Å². The molecule has 1 saturated heterocycles. The molecule has 2 amide bonds. The lowest BCUT2D eigenvalue weighted by molar-refractivity contribution is -0.384. The molecule has 9 nitrogen and oxygen atoms in total. The van der Waals surface area contributed by atoms with Gasteiger partial charge in [-0.05, 0) is 36.8 Å². The second-order valence-corrected chi connectivity index (χ2v) is 7.30. The number of para-hydroxylation sites is 1. The first-order valence-corrected chi connectivity index (χ1v) is 9.50. The molecule has 0 saturated carbocycles. The molecule has 0 bridgehead atoms. The number of nitro benzene ring substituents is 1. The first kappa shape index (κ1) is 20.2. The van der Waals surface area contributed by atoms with Crippen molar-refractivity contribution in [3.8, 4) is 0 Å². The maximum atomic E-state index is 12.1. The summed E-state index contributed by atoms with van der Waals surface area (Å²) >= 11 is 1.13. The van der Waals surface area contributed by atoms with Crippen LogP contribution in [-0.4, -0.2) is 32.9 Å². The molecule has 2 aromatic carbocycles. The number of benzene rings is 2. The fraction of sp³-hybridized carbons (Fsp3) is 0.158. The van der Waals surface area contributed by atoms with Crippen molar-refractivity contribution in [1.29, 1.82) is 0 Å². The largest absolute Gasteiger partial charge is 0.326 e. The number of nitrogens with zero attached hydrogens (tertiary/aromatic N) is 3. The highest BCUT2D eigenvalue weighted by molar-refractivity contribution is 8.15. The first-order valence-electron chi connectivity index (χ1n) is 8.62. The number of rotatable bonds is 6. The minimum absolute atomic E-state index is 0.00939. The van der Waals surface area contributed by atoms with E-state index >= 15 is 0 Å². The monoisotopic (exact) mass is 411 g/mol. The number of amidine groups is 1. The quantitative estimate of drug-likeness (QED) is 0.429. The molecule has 0 spiro atoms. The number of amides is 2. The molecule has 1 unspecified atom stereocenters. The number of hydrogen-bond acceptors (Lipinski definition) is 7. The van der Waals surface area contributed by atoms with Gasteiger partial charge in [-0.15, -0.1) is 5.10 Å². The van der Waals surface area contributed by atoms with Gasteiger partial charge in [-0.2, -0.15) is 5.10 Å². The summed E-state index contributed by atoms with van der Waals surface area (Å²) in [6.07, 6.45) is 0.00939. The lowest BCUT2D eigenvalue weighted by Gasteiger charge is -2.06. The van der Waals surface area contributed by atoms with Crippen molar-refractivity contribution in [3.05, 3.63) is 70.3 Å². The van der Waals surface area contributed by atoms with Gasteiger partial charge < -0.3 is 10.6 Å². The van der Waals surface area contributed by atoms with Crippen molar-refractivity contribution < 1.29 is 14.5 Å². The zero-order chi connectivity index (χ0) is 20.8. The van der Waals surface area contributed by atoms with Crippen LogP contribution in [-0.2, 0) is 9.59 Å². The molecular formula is C19H17N5O4S. The van der Waals surface area contributed by atoms with Gasteiger partial charge >= 0.3 is 0 Å². The maximum absolute atomic E-state index is 12.1. The fourth-order valence-electron chi connectivity index (χ4n) is 2.49. The van der Waals surface area contributed by atoms with Crippen molar-refractivity contribution in [1.82, 2.24) is 5.32 Å². The second kappa shape index (κ2) is 9.11. The van der Waals surface area contributed by atoms with Gasteiger partial charge in [-0.25, -0.2) is 0 Å². The van der Waals surface area contributed by atoms with Gasteiger partial charge in [0.05, 0.1) is 10.6 Å². The van der Waals surface area contributed by atoms with Crippen molar-refractivity contribution in [2.24, 2.45) is 10.2 Å². The Bertz CT molecular complexity index is 989. The van der Waals surface area contributed by atoms with Gasteiger partial charge in [0, 0.05) is 24.2 Å². The van der Waals surface area contributed by atoms with E-state index in [1.54, 1.807) is 31.2 Å². The highest BCUT2D eigenvalue weighted by atomic mass is 32.2. The van der Waals surface area contributed by atoms with E-state index in [4.69, 9.17) is 0 Å². The fourth-order valence-corrected chi connectivity index (χ4v) is 3.41. The average Bonchev–Trinajstić information content (AvgIpc) is 3.06. The Morgan fingerprint density at radius 1 is 1.21 bits per heavy atom.